The number of amides is 2. The molecule has 2 amide bonds. The molecule has 2 N–H and O–H groups in total. The predicted molar refractivity (Wildman–Crippen MR) is 90.6 cm³/mol. The van der Waals surface area contributed by atoms with Gasteiger partial charge in [0.05, 0.1) is 0 Å². The van der Waals surface area contributed by atoms with Crippen LogP contribution in [0.25, 0.3) is 0 Å². The Labute approximate surface area is 144 Å². The molecule has 1 aromatic rings. The molecular formula is C17H20N2O4S. The van der Waals surface area contributed by atoms with Crippen LogP contribution >= 0.6 is 11.8 Å². The van der Waals surface area contributed by atoms with Gasteiger partial charge in [0.15, 0.2) is 0 Å². The Morgan fingerprint density at radius 3 is 2.75 bits per heavy atom. The van der Waals surface area contributed by atoms with Gasteiger partial charge in [-0.3, -0.25) is 9.59 Å². The number of fused-ring (bicyclic) bond motifs is 3. The first-order valence-corrected chi connectivity index (χ1v) is 9.01. The lowest BCUT2D eigenvalue weighted by molar-refractivity contribution is -0.142. The van der Waals surface area contributed by atoms with Gasteiger partial charge in [0.2, 0.25) is 5.91 Å². The minimum Gasteiger partial charge on any atom is -0.480 e. The van der Waals surface area contributed by atoms with Crippen molar-refractivity contribution >= 4 is 29.5 Å². The Bertz CT molecular complexity index is 691. The van der Waals surface area contributed by atoms with Gasteiger partial charge in [-0.25, -0.2) is 4.79 Å². The fourth-order valence-corrected chi connectivity index (χ4v) is 4.67. The van der Waals surface area contributed by atoms with Crippen LogP contribution in [-0.4, -0.2) is 45.6 Å². The van der Waals surface area contributed by atoms with E-state index in [-0.39, 0.29) is 23.1 Å². The van der Waals surface area contributed by atoms with Crippen LogP contribution in [0.1, 0.15) is 41.6 Å². The lowest BCUT2D eigenvalue weighted by Crippen LogP contribution is -2.51. The quantitative estimate of drug-likeness (QED) is 0.848. The summed E-state index contributed by atoms with van der Waals surface area (Å²) in [6, 6.07) is 5.80. The molecule has 1 aromatic carbocycles. The first-order chi connectivity index (χ1) is 11.4. The van der Waals surface area contributed by atoms with E-state index >= 15 is 0 Å². The van der Waals surface area contributed by atoms with Crippen molar-refractivity contribution in [2.24, 2.45) is 5.92 Å². The van der Waals surface area contributed by atoms with Crippen LogP contribution in [0.2, 0.25) is 0 Å². The smallest absolute Gasteiger partial charge is 0.326 e. The van der Waals surface area contributed by atoms with Crippen molar-refractivity contribution in [1.82, 2.24) is 10.2 Å². The van der Waals surface area contributed by atoms with E-state index in [1.54, 1.807) is 22.7 Å². The van der Waals surface area contributed by atoms with Crippen molar-refractivity contribution in [3.8, 4) is 0 Å². The third kappa shape index (κ3) is 2.88. The Hall–Kier alpha value is -2.02. The summed E-state index contributed by atoms with van der Waals surface area (Å²) >= 11 is 1.54. The number of carboxylic acids is 1. The number of benzene rings is 1. The maximum Gasteiger partial charge on any atom is 0.326 e. The number of aliphatic carboxylic acids is 1. The van der Waals surface area contributed by atoms with Gasteiger partial charge in [0, 0.05) is 11.3 Å². The normalized spacial score (nSPS) is 23.1. The van der Waals surface area contributed by atoms with Crippen LogP contribution in [0.3, 0.4) is 0 Å². The standard InChI is InChI=1S/C17H20N2O4S/c1-9(2)7-12(17(22)23)18-14(20)13-8-24-16-11-6-4-3-5-10(11)15(21)19(13)16/h3-6,9,12-13,16H,7-8H2,1-2H3,(H,18,20)(H,22,23)/t12-,13+,16-/m1/s1. The Morgan fingerprint density at radius 2 is 2.08 bits per heavy atom. The molecule has 3 rings (SSSR count). The van der Waals surface area contributed by atoms with Crippen LogP contribution in [0.4, 0.5) is 0 Å². The number of nitrogens with one attached hydrogen (secondary N) is 1. The number of rotatable bonds is 5. The first kappa shape index (κ1) is 16.8. The van der Waals surface area contributed by atoms with Crippen LogP contribution in [0, 0.1) is 5.92 Å². The number of hydrogen-bond donors (Lipinski definition) is 2. The molecule has 0 aromatic heterocycles. The maximum absolute atomic E-state index is 12.6. The fourth-order valence-electron chi connectivity index (χ4n) is 3.20. The average molecular weight is 348 g/mol. The number of carbonyl (C=O) groups excluding carboxylic acids is 2. The number of carboxylic acid groups (broad SMARTS) is 1. The van der Waals surface area contributed by atoms with Crippen molar-refractivity contribution in [2.45, 2.75) is 37.7 Å². The zero-order chi connectivity index (χ0) is 17.4. The summed E-state index contributed by atoms with van der Waals surface area (Å²) in [5, 5.41) is 11.7. The Kier molecular flexibility index (Phi) is 4.54. The summed E-state index contributed by atoms with van der Waals surface area (Å²) in [6.07, 6.45) is 0.360. The van der Waals surface area contributed by atoms with E-state index in [0.29, 0.717) is 17.7 Å². The second-order valence-corrected chi connectivity index (χ2v) is 7.64. The van der Waals surface area contributed by atoms with Gasteiger partial charge >= 0.3 is 5.97 Å². The van der Waals surface area contributed by atoms with Gasteiger partial charge in [-0.05, 0) is 24.0 Å². The summed E-state index contributed by atoms with van der Waals surface area (Å²) in [4.78, 5) is 38.1. The second kappa shape index (κ2) is 6.47. The molecule has 7 heteroatoms. The summed E-state index contributed by atoms with van der Waals surface area (Å²) in [5.74, 6) is -0.967. The van der Waals surface area contributed by atoms with E-state index < -0.39 is 18.1 Å². The summed E-state index contributed by atoms with van der Waals surface area (Å²) in [5.41, 5.74) is 1.56. The van der Waals surface area contributed by atoms with Crippen molar-refractivity contribution in [2.75, 3.05) is 5.75 Å². The zero-order valence-corrected chi connectivity index (χ0v) is 14.4. The van der Waals surface area contributed by atoms with Gasteiger partial charge in [0.1, 0.15) is 17.5 Å². The molecular weight excluding hydrogens is 328 g/mol. The Balaban J connectivity index is 1.76. The summed E-state index contributed by atoms with van der Waals surface area (Å²) in [6.45, 7) is 3.81. The van der Waals surface area contributed by atoms with Crippen LogP contribution in [0.5, 0.6) is 0 Å². The highest BCUT2D eigenvalue weighted by Crippen LogP contribution is 2.48. The first-order valence-electron chi connectivity index (χ1n) is 7.96. The van der Waals surface area contributed by atoms with Crippen molar-refractivity contribution in [1.29, 1.82) is 0 Å². The van der Waals surface area contributed by atoms with Crippen LogP contribution in [0.15, 0.2) is 24.3 Å². The van der Waals surface area contributed by atoms with Gasteiger partial charge < -0.3 is 15.3 Å². The molecule has 0 unspecified atom stereocenters. The maximum atomic E-state index is 12.6. The summed E-state index contributed by atoms with van der Waals surface area (Å²) in [7, 11) is 0. The second-order valence-electron chi connectivity index (χ2n) is 6.53. The van der Waals surface area contributed by atoms with E-state index in [1.807, 2.05) is 32.0 Å². The lowest BCUT2D eigenvalue weighted by atomic mass is 10.0. The molecule has 0 bridgehead atoms. The Morgan fingerprint density at radius 1 is 1.38 bits per heavy atom. The fraction of sp³-hybridized carbons (Fsp3) is 0.471. The van der Waals surface area contributed by atoms with E-state index in [1.165, 1.54) is 0 Å². The number of hydrogen-bond acceptors (Lipinski definition) is 4. The minimum atomic E-state index is -1.05. The third-order valence-corrected chi connectivity index (χ3v) is 5.62. The van der Waals surface area contributed by atoms with Gasteiger partial charge in [-0.2, -0.15) is 0 Å². The topological polar surface area (TPSA) is 86.7 Å². The highest BCUT2D eigenvalue weighted by molar-refractivity contribution is 7.99. The number of thioether (sulfide) groups is 1. The molecule has 0 spiro atoms. The lowest BCUT2D eigenvalue weighted by Gasteiger charge is -2.25. The largest absolute Gasteiger partial charge is 0.480 e. The molecule has 24 heavy (non-hydrogen) atoms. The van der Waals surface area contributed by atoms with E-state index in [4.69, 9.17) is 0 Å². The monoisotopic (exact) mass is 348 g/mol. The van der Waals surface area contributed by atoms with Crippen LogP contribution in [-0.2, 0) is 9.59 Å². The highest BCUT2D eigenvalue weighted by Gasteiger charge is 2.48. The number of nitrogens with zero attached hydrogens (tertiary/aromatic N) is 1. The summed E-state index contributed by atoms with van der Waals surface area (Å²) < 4.78 is 0. The van der Waals surface area contributed by atoms with Gasteiger partial charge in [-0.15, -0.1) is 11.8 Å². The molecule has 0 saturated carbocycles. The zero-order valence-electron chi connectivity index (χ0n) is 13.6. The SMILES string of the molecule is CC(C)C[C@@H](NC(=O)[C@@H]1CS[C@@H]2c3ccccc3C(=O)N21)C(=O)O. The molecule has 6 nitrogen and oxygen atoms in total. The minimum absolute atomic E-state index is 0.148. The van der Waals surface area contributed by atoms with E-state index in [0.717, 1.165) is 5.56 Å². The van der Waals surface area contributed by atoms with Crippen molar-refractivity contribution < 1.29 is 19.5 Å². The molecule has 0 aliphatic carbocycles. The molecule has 0 radical (unpaired) electrons. The van der Waals surface area contributed by atoms with Gasteiger partial charge in [0.25, 0.3) is 5.91 Å². The highest BCUT2D eigenvalue weighted by atomic mass is 32.2. The van der Waals surface area contributed by atoms with Crippen molar-refractivity contribution in [3.63, 3.8) is 0 Å². The molecule has 1 saturated heterocycles. The molecule has 128 valence electrons. The van der Waals surface area contributed by atoms with Gasteiger partial charge in [-0.1, -0.05) is 32.0 Å². The molecule has 2 aliphatic heterocycles. The molecule has 1 fully saturated rings. The average Bonchev–Trinajstić information content (AvgIpc) is 3.07. The molecule has 2 aliphatic rings. The predicted octanol–water partition coefficient (Wildman–Crippen LogP) is 1.87. The molecule has 3 atom stereocenters. The molecule has 2 heterocycles. The van der Waals surface area contributed by atoms with E-state index in [2.05, 4.69) is 5.32 Å². The van der Waals surface area contributed by atoms with Crippen molar-refractivity contribution in [3.05, 3.63) is 35.4 Å². The van der Waals surface area contributed by atoms with E-state index in [9.17, 15) is 19.5 Å². The third-order valence-electron chi connectivity index (χ3n) is 4.32. The van der Waals surface area contributed by atoms with Crippen LogP contribution < -0.4 is 5.32 Å². The number of carbonyl (C=O) groups is 3.